The largest absolute Gasteiger partial charge is 0.480 e. The molecule has 0 bridgehead atoms. The molecular formula is C26H25FN6O5. The smallest absolute Gasteiger partial charge is 0.275 e. The monoisotopic (exact) mass is 520 g/mol. The van der Waals surface area contributed by atoms with Crippen LogP contribution in [0.4, 0.5) is 10.1 Å². The number of carbonyl (C=O) groups is 1. The van der Waals surface area contributed by atoms with Crippen molar-refractivity contribution in [3.63, 3.8) is 0 Å². The van der Waals surface area contributed by atoms with E-state index in [9.17, 15) is 4.79 Å². The van der Waals surface area contributed by atoms with E-state index in [2.05, 4.69) is 20.3 Å². The van der Waals surface area contributed by atoms with Crippen LogP contribution in [0.25, 0.3) is 0 Å². The lowest BCUT2D eigenvalue weighted by Gasteiger charge is -2.45. The summed E-state index contributed by atoms with van der Waals surface area (Å²) in [7, 11) is 1.47. The highest BCUT2D eigenvalue weighted by molar-refractivity contribution is 6.02. The van der Waals surface area contributed by atoms with Crippen LogP contribution in [0, 0.1) is 0 Å². The van der Waals surface area contributed by atoms with E-state index in [0.717, 1.165) is 10.6 Å². The Balaban J connectivity index is 1.40. The Hall–Kier alpha value is -4.29. The Morgan fingerprint density at radius 3 is 2.92 bits per heavy atom. The standard InChI is InChI=1S/C26H25FN6O5/c1-35-22-13-30-19(12-31-22)25(34)32-16-2-3-21-17(10-16)26(6-7-29-14-37-26)18-11-20(15-4-8-36-9-5-15)33(28)24(27)23(18)38-21/h2-4,10-14,20H,5-9,28H2,1H3,(H,32,34)/t20?,26-/m0/s1. The van der Waals surface area contributed by atoms with Gasteiger partial charge < -0.3 is 24.3 Å². The number of hydrogen-bond donors (Lipinski definition) is 2. The molecule has 1 spiro atoms. The molecule has 0 saturated heterocycles. The second kappa shape index (κ2) is 9.54. The number of fused-ring (bicyclic) bond motifs is 4. The highest BCUT2D eigenvalue weighted by Crippen LogP contribution is 2.53. The first kappa shape index (κ1) is 24.1. The Morgan fingerprint density at radius 2 is 2.21 bits per heavy atom. The molecule has 0 aliphatic carbocycles. The van der Waals surface area contributed by atoms with Crippen LogP contribution >= 0.6 is 0 Å². The third-order valence-corrected chi connectivity index (χ3v) is 6.97. The quantitative estimate of drug-likeness (QED) is 0.355. The van der Waals surface area contributed by atoms with Gasteiger partial charge in [-0.05, 0) is 36.3 Å². The van der Waals surface area contributed by atoms with Crippen molar-refractivity contribution in [1.82, 2.24) is 15.0 Å². The summed E-state index contributed by atoms with van der Waals surface area (Å²) in [6.07, 6.45) is 8.94. The summed E-state index contributed by atoms with van der Waals surface area (Å²) >= 11 is 0. The van der Waals surface area contributed by atoms with Crippen molar-refractivity contribution in [1.29, 1.82) is 0 Å². The van der Waals surface area contributed by atoms with Crippen LogP contribution in [0.2, 0.25) is 0 Å². The molecule has 0 radical (unpaired) electrons. The summed E-state index contributed by atoms with van der Waals surface area (Å²) in [5.41, 5.74) is 1.62. The van der Waals surface area contributed by atoms with E-state index in [4.69, 9.17) is 24.8 Å². The van der Waals surface area contributed by atoms with Gasteiger partial charge >= 0.3 is 0 Å². The van der Waals surface area contributed by atoms with Gasteiger partial charge in [-0.15, -0.1) is 0 Å². The van der Waals surface area contributed by atoms with Crippen LogP contribution in [-0.2, 0) is 15.1 Å². The van der Waals surface area contributed by atoms with Gasteiger partial charge in [0.05, 0.1) is 38.8 Å². The number of hydrogen-bond acceptors (Lipinski definition) is 10. The number of aromatic nitrogens is 2. The minimum absolute atomic E-state index is 0.00417. The molecule has 4 aliphatic rings. The van der Waals surface area contributed by atoms with E-state index in [1.54, 1.807) is 18.2 Å². The fraction of sp³-hybridized carbons (Fsp3) is 0.308. The molecule has 3 N–H and O–H groups in total. The summed E-state index contributed by atoms with van der Waals surface area (Å²) in [6.45, 7) is 1.43. The van der Waals surface area contributed by atoms with E-state index < -0.39 is 23.5 Å². The van der Waals surface area contributed by atoms with Crippen LogP contribution in [0.15, 0.2) is 70.6 Å². The number of aliphatic imine (C=N–C) groups is 1. The number of amides is 1. The lowest BCUT2D eigenvalue weighted by atomic mass is 9.76. The van der Waals surface area contributed by atoms with Gasteiger partial charge in [-0.3, -0.25) is 14.8 Å². The molecule has 4 aliphatic heterocycles. The Bertz CT molecular complexity index is 1410. The van der Waals surface area contributed by atoms with Crippen LogP contribution in [-0.4, -0.2) is 60.2 Å². The normalized spacial score (nSPS) is 24.0. The fourth-order valence-corrected chi connectivity index (χ4v) is 5.03. The molecule has 196 valence electrons. The summed E-state index contributed by atoms with van der Waals surface area (Å²) in [5.74, 6) is 5.76. The maximum atomic E-state index is 15.7. The first-order valence-electron chi connectivity index (χ1n) is 12.1. The molecule has 6 rings (SSSR count). The van der Waals surface area contributed by atoms with Crippen molar-refractivity contribution in [2.75, 3.05) is 32.2 Å². The third-order valence-electron chi connectivity index (χ3n) is 6.97. The zero-order chi connectivity index (χ0) is 26.3. The number of nitrogens with one attached hydrogen (secondary N) is 1. The minimum Gasteiger partial charge on any atom is -0.480 e. The molecule has 1 unspecified atom stereocenters. The zero-order valence-corrected chi connectivity index (χ0v) is 20.5. The van der Waals surface area contributed by atoms with E-state index in [0.29, 0.717) is 61.1 Å². The molecule has 12 heteroatoms. The van der Waals surface area contributed by atoms with Crippen molar-refractivity contribution in [3.05, 3.63) is 76.9 Å². The van der Waals surface area contributed by atoms with Crippen LogP contribution in [0.3, 0.4) is 0 Å². The number of benzene rings is 1. The SMILES string of the molecule is COc1cnc(C(=O)Nc2ccc3c(c2)[C@@]2(CCN=CO2)C2=CC(C4=CCOCC4)N(N)C(F)=C2O3)cn1. The molecule has 1 amide bonds. The van der Waals surface area contributed by atoms with E-state index in [1.807, 2.05) is 12.2 Å². The molecule has 1 aromatic heterocycles. The summed E-state index contributed by atoms with van der Waals surface area (Å²) in [5, 5.41) is 3.91. The van der Waals surface area contributed by atoms with Crippen molar-refractivity contribution >= 4 is 18.0 Å². The van der Waals surface area contributed by atoms with Crippen molar-refractivity contribution < 1.29 is 28.1 Å². The number of halogens is 1. The molecule has 2 aromatic rings. The molecule has 0 saturated carbocycles. The van der Waals surface area contributed by atoms with Crippen LogP contribution < -0.4 is 20.6 Å². The number of carbonyl (C=O) groups excluding carboxylic acids is 1. The van der Waals surface area contributed by atoms with Gasteiger partial charge in [-0.2, -0.15) is 4.39 Å². The zero-order valence-electron chi connectivity index (χ0n) is 20.5. The minimum atomic E-state index is -1.09. The molecular weight excluding hydrogens is 495 g/mol. The van der Waals surface area contributed by atoms with Gasteiger partial charge in [0.2, 0.25) is 11.8 Å². The molecule has 0 fully saturated rings. The maximum Gasteiger partial charge on any atom is 0.275 e. The molecule has 2 atom stereocenters. The predicted molar refractivity (Wildman–Crippen MR) is 134 cm³/mol. The topological polar surface area (TPSA) is 133 Å². The van der Waals surface area contributed by atoms with Gasteiger partial charge in [0.15, 0.2) is 17.8 Å². The number of ether oxygens (including phenoxy) is 4. The van der Waals surface area contributed by atoms with Crippen LogP contribution in [0.1, 0.15) is 28.9 Å². The number of anilines is 1. The second-order valence-electron chi connectivity index (χ2n) is 9.07. The average molecular weight is 521 g/mol. The van der Waals surface area contributed by atoms with Gasteiger partial charge in [-0.1, -0.05) is 6.08 Å². The number of hydrazine groups is 1. The van der Waals surface area contributed by atoms with Gasteiger partial charge in [0, 0.05) is 29.8 Å². The van der Waals surface area contributed by atoms with Crippen molar-refractivity contribution in [2.24, 2.45) is 10.8 Å². The number of nitrogens with two attached hydrogens (primary N) is 1. The van der Waals surface area contributed by atoms with E-state index >= 15 is 4.39 Å². The van der Waals surface area contributed by atoms with Crippen molar-refractivity contribution in [3.8, 4) is 11.6 Å². The first-order valence-corrected chi connectivity index (χ1v) is 12.1. The molecule has 11 nitrogen and oxygen atoms in total. The van der Waals surface area contributed by atoms with Crippen LogP contribution in [0.5, 0.6) is 11.6 Å². The average Bonchev–Trinajstić information content (AvgIpc) is 2.96. The summed E-state index contributed by atoms with van der Waals surface area (Å²) in [6, 6.07) is 4.55. The van der Waals surface area contributed by atoms with E-state index in [-0.39, 0.29) is 11.5 Å². The third kappa shape index (κ3) is 3.98. The Labute approximate surface area is 217 Å². The Kier molecular flexibility index (Phi) is 6.04. The Morgan fingerprint density at radius 1 is 1.32 bits per heavy atom. The van der Waals surface area contributed by atoms with Gasteiger partial charge in [0.1, 0.15) is 11.4 Å². The highest BCUT2D eigenvalue weighted by Gasteiger charge is 2.51. The highest BCUT2D eigenvalue weighted by atomic mass is 19.1. The molecule has 5 heterocycles. The summed E-state index contributed by atoms with van der Waals surface area (Å²) < 4.78 is 38.4. The maximum absolute atomic E-state index is 15.7. The molecule has 38 heavy (non-hydrogen) atoms. The number of nitrogens with zero attached hydrogens (tertiary/aromatic N) is 4. The predicted octanol–water partition coefficient (Wildman–Crippen LogP) is 2.74. The van der Waals surface area contributed by atoms with Gasteiger partial charge in [-0.25, -0.2) is 15.8 Å². The lowest BCUT2D eigenvalue weighted by molar-refractivity contribution is 0.0585. The first-order chi connectivity index (χ1) is 18.5. The fourth-order valence-electron chi connectivity index (χ4n) is 5.03. The second-order valence-corrected chi connectivity index (χ2v) is 9.07. The summed E-state index contributed by atoms with van der Waals surface area (Å²) in [4.78, 5) is 25.2. The molecule has 1 aromatic carbocycles. The van der Waals surface area contributed by atoms with E-state index in [1.165, 1.54) is 25.9 Å². The number of rotatable bonds is 4. The van der Waals surface area contributed by atoms with Gasteiger partial charge in [0.25, 0.3) is 5.91 Å². The van der Waals surface area contributed by atoms with Crippen molar-refractivity contribution in [2.45, 2.75) is 24.5 Å². The lowest BCUT2D eigenvalue weighted by Crippen LogP contribution is -2.48. The number of methoxy groups -OCH3 is 1.